The van der Waals surface area contributed by atoms with E-state index in [0.29, 0.717) is 0 Å². The van der Waals surface area contributed by atoms with Crippen LogP contribution in [0.5, 0.6) is 0 Å². The first-order valence-corrected chi connectivity index (χ1v) is 1.36. The highest BCUT2D eigenvalue weighted by molar-refractivity contribution is 6.92. The molecular weight excluding hydrogens is 157 g/mol. The molecule has 0 aliphatic rings. The zero-order valence-electron chi connectivity index (χ0n) is 4.93. The predicted octanol–water partition coefficient (Wildman–Crippen LogP) is -0.239. The maximum atomic E-state index is 8.35. The van der Waals surface area contributed by atoms with Gasteiger partial charge in [-0.1, -0.05) is 0 Å². The maximum absolute atomic E-state index is 8.35. The van der Waals surface area contributed by atoms with Gasteiger partial charge in [0.25, 0.3) is 0 Å². The Balaban J connectivity index is -0.0000000257. The summed E-state index contributed by atoms with van der Waals surface area (Å²) in [5, 5.41) is 16.2. The first kappa shape index (κ1) is 23.5. The molecule has 0 heterocycles. The van der Waals surface area contributed by atoms with Gasteiger partial charge in [0.15, 0.2) is 0 Å². The second-order valence-electron chi connectivity index (χ2n) is 0.306. The molecular formula is C3H6N3O3P. The van der Waals surface area contributed by atoms with Crippen molar-refractivity contribution in [1.29, 1.82) is 16.2 Å². The fourth-order valence-electron chi connectivity index (χ4n) is 0. The van der Waals surface area contributed by atoms with Gasteiger partial charge < -0.3 is 0 Å². The Hall–Kier alpha value is -1.43. The van der Waals surface area contributed by atoms with Crippen LogP contribution >= 0.6 is 9.90 Å². The third-order valence-corrected chi connectivity index (χ3v) is 0. The molecule has 0 aromatic carbocycles. The van der Waals surface area contributed by atoms with Gasteiger partial charge in [-0.15, -0.1) is 0 Å². The van der Waals surface area contributed by atoms with Crippen LogP contribution in [0.15, 0.2) is 0 Å². The molecule has 10 heavy (non-hydrogen) atoms. The summed E-state index contributed by atoms with van der Waals surface area (Å²) in [5.41, 5.74) is 0. The van der Waals surface area contributed by atoms with Crippen molar-refractivity contribution in [2.75, 3.05) is 0 Å². The summed E-state index contributed by atoms with van der Waals surface area (Å²) in [4.78, 5) is 25.0. The second kappa shape index (κ2) is 133. The molecule has 0 aromatic heterocycles. The van der Waals surface area contributed by atoms with Crippen molar-refractivity contribution in [3.63, 3.8) is 0 Å². The minimum Gasteiger partial charge on any atom is -0.222 e. The zero-order chi connectivity index (χ0) is 8.12. The highest BCUT2D eigenvalue weighted by Gasteiger charge is 1.04. The van der Waals surface area contributed by atoms with Gasteiger partial charge in [0.05, 0.1) is 0 Å². The lowest BCUT2D eigenvalue weighted by molar-refractivity contribution is 0.562. The number of hydrogen-bond donors (Lipinski definition) is 3. The lowest BCUT2D eigenvalue weighted by Gasteiger charge is -1.02. The van der Waals surface area contributed by atoms with E-state index in [1.54, 1.807) is 0 Å². The Morgan fingerprint density at radius 2 is 0.700 bits per heavy atom. The molecule has 0 rings (SSSR count). The maximum Gasteiger partial charge on any atom is 0.231 e. The Kier molecular flexibility index (Phi) is 312. The molecule has 0 amide bonds. The molecule has 0 radical (unpaired) electrons. The molecule has 6 nitrogen and oxygen atoms in total. The van der Waals surface area contributed by atoms with Crippen molar-refractivity contribution in [3.8, 4) is 0 Å². The minimum absolute atomic E-state index is 0. The molecule has 0 spiro atoms. The highest BCUT2D eigenvalue weighted by Crippen LogP contribution is 0.874. The molecule has 56 valence electrons. The lowest BCUT2D eigenvalue weighted by atomic mass is 11.7. The normalized spacial score (nSPS) is 2.40. The van der Waals surface area contributed by atoms with Crippen molar-refractivity contribution >= 4 is 28.1 Å². The van der Waals surface area contributed by atoms with E-state index in [1.165, 1.54) is 0 Å². The fraction of sp³-hybridized carbons (Fsp3) is 0. The van der Waals surface area contributed by atoms with Crippen molar-refractivity contribution < 1.29 is 14.4 Å². The topological polar surface area (TPSA) is 123 Å². The van der Waals surface area contributed by atoms with E-state index in [9.17, 15) is 0 Å². The number of nitrogens with one attached hydrogen (secondary N) is 3. The Morgan fingerprint density at radius 1 is 0.700 bits per heavy atom. The summed E-state index contributed by atoms with van der Waals surface area (Å²) in [6.07, 6.45) is 2.25. The molecule has 1 unspecified atom stereocenters. The SMILES string of the molecule is N=C=O.N=C=O.N=C=O.P. The minimum atomic E-state index is 0. The largest absolute Gasteiger partial charge is 0.231 e. The van der Waals surface area contributed by atoms with Crippen LogP contribution in [-0.2, 0) is 14.4 Å². The predicted molar refractivity (Wildman–Crippen MR) is 36.3 cm³/mol. The molecule has 7 heteroatoms. The summed E-state index contributed by atoms with van der Waals surface area (Å²) >= 11 is 0. The van der Waals surface area contributed by atoms with Crippen LogP contribution in [0.3, 0.4) is 0 Å². The summed E-state index contributed by atoms with van der Waals surface area (Å²) in [6.45, 7) is 0. The fourth-order valence-corrected chi connectivity index (χ4v) is 0. The number of isocyanates is 3. The van der Waals surface area contributed by atoms with Crippen LogP contribution < -0.4 is 0 Å². The monoisotopic (exact) mass is 163 g/mol. The van der Waals surface area contributed by atoms with Crippen molar-refractivity contribution in [3.05, 3.63) is 0 Å². The van der Waals surface area contributed by atoms with Gasteiger partial charge in [-0.25, -0.2) is 30.6 Å². The molecule has 0 fully saturated rings. The van der Waals surface area contributed by atoms with Gasteiger partial charge in [-0.05, 0) is 0 Å². The summed E-state index contributed by atoms with van der Waals surface area (Å²) < 4.78 is 0. The third kappa shape index (κ3) is 99.7. The molecule has 0 saturated carbocycles. The van der Waals surface area contributed by atoms with Crippen LogP contribution in [0.1, 0.15) is 0 Å². The molecule has 0 bridgehead atoms. The number of rotatable bonds is 0. The first-order valence-electron chi connectivity index (χ1n) is 1.36. The van der Waals surface area contributed by atoms with E-state index in [1.807, 2.05) is 0 Å². The summed E-state index contributed by atoms with van der Waals surface area (Å²) in [5.74, 6) is 0. The van der Waals surface area contributed by atoms with E-state index in [4.69, 9.17) is 30.6 Å². The van der Waals surface area contributed by atoms with Gasteiger partial charge in [0.2, 0.25) is 18.2 Å². The summed E-state index contributed by atoms with van der Waals surface area (Å²) in [7, 11) is 0. The van der Waals surface area contributed by atoms with E-state index in [2.05, 4.69) is 0 Å². The van der Waals surface area contributed by atoms with Crippen LogP contribution in [0.4, 0.5) is 0 Å². The highest BCUT2D eigenvalue weighted by atomic mass is 31.0. The van der Waals surface area contributed by atoms with Gasteiger partial charge in [-0.3, -0.25) is 0 Å². The third-order valence-electron chi connectivity index (χ3n) is 0. The van der Waals surface area contributed by atoms with Crippen LogP contribution in [-0.4, -0.2) is 18.2 Å². The molecule has 0 aliphatic heterocycles. The zero-order valence-corrected chi connectivity index (χ0v) is 6.35. The van der Waals surface area contributed by atoms with Crippen molar-refractivity contribution in [1.82, 2.24) is 0 Å². The van der Waals surface area contributed by atoms with Crippen molar-refractivity contribution in [2.24, 2.45) is 0 Å². The molecule has 0 aromatic rings. The van der Waals surface area contributed by atoms with Gasteiger partial charge in [-0.2, -0.15) is 9.90 Å². The molecule has 1 atom stereocenters. The molecule has 3 N–H and O–H groups in total. The second-order valence-corrected chi connectivity index (χ2v) is 0.306. The number of hydrogen-bond acceptors (Lipinski definition) is 6. The quantitative estimate of drug-likeness (QED) is 0.259. The van der Waals surface area contributed by atoms with Crippen LogP contribution in [0, 0.1) is 16.2 Å². The Labute approximate surface area is 59.8 Å². The van der Waals surface area contributed by atoms with Gasteiger partial charge in [0.1, 0.15) is 0 Å². The first-order chi connectivity index (χ1) is 4.24. The van der Waals surface area contributed by atoms with E-state index in [0.717, 1.165) is 18.2 Å². The Morgan fingerprint density at radius 3 is 0.700 bits per heavy atom. The van der Waals surface area contributed by atoms with E-state index >= 15 is 0 Å². The molecule has 0 aliphatic carbocycles. The van der Waals surface area contributed by atoms with E-state index in [-0.39, 0.29) is 9.90 Å². The standard InChI is InChI=1S/3CHNO.H3P/c3*2-1-3;/h3*2H;1H3. The summed E-state index contributed by atoms with van der Waals surface area (Å²) in [6, 6.07) is 0. The van der Waals surface area contributed by atoms with Crippen LogP contribution in [0.25, 0.3) is 0 Å². The van der Waals surface area contributed by atoms with Crippen LogP contribution in [0.2, 0.25) is 0 Å². The number of carbonyl (C=O) groups excluding carboxylic acids is 3. The van der Waals surface area contributed by atoms with Gasteiger partial charge in [0, 0.05) is 0 Å². The lowest BCUT2D eigenvalue weighted by Crippen LogP contribution is -1.16. The Bertz CT molecular complexity index is 111. The average Bonchev–Trinajstić information content (AvgIpc) is 1.70. The smallest absolute Gasteiger partial charge is 0.222 e. The average molecular weight is 163 g/mol. The molecule has 0 saturated heterocycles. The van der Waals surface area contributed by atoms with Crippen molar-refractivity contribution in [2.45, 2.75) is 0 Å². The van der Waals surface area contributed by atoms with Gasteiger partial charge >= 0.3 is 0 Å². The van der Waals surface area contributed by atoms with E-state index < -0.39 is 0 Å².